The second-order valence-corrected chi connectivity index (χ2v) is 13.0. The molecule has 3 saturated carbocycles. The van der Waals surface area contributed by atoms with Crippen LogP contribution < -0.4 is 0 Å². The van der Waals surface area contributed by atoms with Gasteiger partial charge in [0.15, 0.2) is 5.78 Å². The van der Waals surface area contributed by atoms with Crippen molar-refractivity contribution >= 4 is 28.2 Å². The van der Waals surface area contributed by atoms with Gasteiger partial charge in [0, 0.05) is 27.5 Å². The van der Waals surface area contributed by atoms with Crippen LogP contribution >= 0.6 is 11.6 Å². The van der Waals surface area contributed by atoms with E-state index in [0.717, 1.165) is 36.8 Å². The third kappa shape index (κ3) is 3.08. The molecule has 4 aliphatic rings. The minimum absolute atomic E-state index is 0.0537. The summed E-state index contributed by atoms with van der Waals surface area (Å²) in [5.74, 6) is 1.24. The van der Waals surface area contributed by atoms with Gasteiger partial charge in [0.2, 0.25) is 0 Å². The van der Waals surface area contributed by atoms with Crippen LogP contribution in [0.25, 0.3) is 0 Å². The lowest BCUT2D eigenvalue weighted by Gasteiger charge is -2.59. The highest BCUT2D eigenvalue weighted by Gasteiger charge is 2.67. The Morgan fingerprint density at radius 2 is 1.94 bits per heavy atom. The zero-order chi connectivity index (χ0) is 22.0. The zero-order valence-corrected chi connectivity index (χ0v) is 19.8. The Hall–Kier alpha value is -1.23. The Morgan fingerprint density at radius 1 is 1.19 bits per heavy atom. The van der Waals surface area contributed by atoms with E-state index in [9.17, 15) is 14.1 Å². The molecule has 1 aromatic carbocycles. The summed E-state index contributed by atoms with van der Waals surface area (Å²) in [6.45, 7) is 4.36. The fourth-order valence-corrected chi connectivity index (χ4v) is 9.79. The van der Waals surface area contributed by atoms with Gasteiger partial charge in [-0.25, -0.2) is 0 Å². The molecule has 0 saturated heterocycles. The molecular formula is C26H31ClO3S. The fourth-order valence-electron chi connectivity index (χ4n) is 7.48. The molecule has 0 amide bonds. The molecule has 4 unspecified atom stereocenters. The van der Waals surface area contributed by atoms with Crippen molar-refractivity contribution in [1.29, 1.82) is 0 Å². The SMILES string of the molecule is C[C@]12C=CC(=O)C=C1CCC1C2[C@@H](O)C[C@@]2(C)C1CC[C@]2(Cl)S(=O)Cc1ccccc1. The first-order chi connectivity index (χ1) is 14.7. The van der Waals surface area contributed by atoms with Crippen LogP contribution in [0.5, 0.6) is 0 Å². The van der Waals surface area contributed by atoms with Gasteiger partial charge < -0.3 is 5.11 Å². The van der Waals surface area contributed by atoms with Gasteiger partial charge in [0.1, 0.15) is 4.21 Å². The second-order valence-electron chi connectivity index (χ2n) is 10.5. The molecule has 0 aliphatic heterocycles. The van der Waals surface area contributed by atoms with Crippen molar-refractivity contribution in [1.82, 2.24) is 0 Å². The highest BCUT2D eigenvalue weighted by molar-refractivity contribution is 7.87. The summed E-state index contributed by atoms with van der Waals surface area (Å²) in [6.07, 6.45) is 9.04. The van der Waals surface area contributed by atoms with Crippen LogP contribution in [-0.4, -0.2) is 25.4 Å². The largest absolute Gasteiger partial charge is 0.393 e. The summed E-state index contributed by atoms with van der Waals surface area (Å²) in [5, 5.41) is 11.5. The van der Waals surface area contributed by atoms with Crippen LogP contribution in [0.1, 0.15) is 51.5 Å². The number of allylic oxidation sites excluding steroid dienone is 4. The predicted molar refractivity (Wildman–Crippen MR) is 125 cm³/mol. The number of aliphatic hydroxyl groups excluding tert-OH is 1. The topological polar surface area (TPSA) is 54.4 Å². The molecule has 1 aromatic rings. The number of rotatable bonds is 3. The van der Waals surface area contributed by atoms with E-state index in [1.807, 2.05) is 36.4 Å². The summed E-state index contributed by atoms with van der Waals surface area (Å²) >= 11 is 7.29. The number of hydrogen-bond donors (Lipinski definition) is 1. The molecule has 166 valence electrons. The van der Waals surface area contributed by atoms with Gasteiger partial charge in [-0.2, -0.15) is 0 Å². The molecule has 31 heavy (non-hydrogen) atoms. The van der Waals surface area contributed by atoms with E-state index in [-0.39, 0.29) is 22.5 Å². The maximum absolute atomic E-state index is 13.6. The molecule has 0 aromatic heterocycles. The molecule has 0 spiro atoms. The lowest BCUT2D eigenvalue weighted by molar-refractivity contribution is -0.114. The molecular weight excluding hydrogens is 428 g/mol. The Balaban J connectivity index is 1.47. The molecule has 5 heteroatoms. The summed E-state index contributed by atoms with van der Waals surface area (Å²) in [5.41, 5.74) is 1.55. The van der Waals surface area contributed by atoms with Crippen LogP contribution in [0.4, 0.5) is 0 Å². The monoisotopic (exact) mass is 458 g/mol. The van der Waals surface area contributed by atoms with Gasteiger partial charge in [-0.1, -0.05) is 55.8 Å². The first-order valence-corrected chi connectivity index (χ1v) is 13.1. The van der Waals surface area contributed by atoms with Crippen LogP contribution in [0.3, 0.4) is 0 Å². The van der Waals surface area contributed by atoms with Gasteiger partial charge in [-0.05, 0) is 61.7 Å². The maximum Gasteiger partial charge on any atom is 0.178 e. The minimum atomic E-state index is -1.24. The Bertz CT molecular complexity index is 988. The Morgan fingerprint density at radius 3 is 2.68 bits per heavy atom. The summed E-state index contributed by atoms with van der Waals surface area (Å²) < 4.78 is 12.8. The number of hydrogen-bond acceptors (Lipinski definition) is 3. The average Bonchev–Trinajstić information content (AvgIpc) is 3.00. The Kier molecular flexibility index (Phi) is 5.16. The van der Waals surface area contributed by atoms with Crippen molar-refractivity contribution < 1.29 is 14.1 Å². The summed E-state index contributed by atoms with van der Waals surface area (Å²) in [6, 6.07) is 9.92. The van der Waals surface area contributed by atoms with E-state index in [0.29, 0.717) is 24.0 Å². The maximum atomic E-state index is 13.6. The van der Waals surface area contributed by atoms with Crippen LogP contribution in [0, 0.1) is 28.6 Å². The number of carbonyl (C=O) groups excluding carboxylic acids is 1. The average molecular weight is 459 g/mol. The van der Waals surface area contributed by atoms with Gasteiger partial charge in [-0.15, -0.1) is 11.6 Å². The van der Waals surface area contributed by atoms with E-state index in [1.165, 1.54) is 0 Å². The first kappa shape index (κ1) is 21.6. The summed E-state index contributed by atoms with van der Waals surface area (Å²) in [7, 11) is -1.24. The van der Waals surface area contributed by atoms with Crippen molar-refractivity contribution in [3.05, 3.63) is 59.7 Å². The van der Waals surface area contributed by atoms with E-state index in [4.69, 9.17) is 11.6 Å². The van der Waals surface area contributed by atoms with Crippen molar-refractivity contribution in [3.8, 4) is 0 Å². The van der Waals surface area contributed by atoms with Crippen molar-refractivity contribution in [2.45, 2.75) is 62.0 Å². The van der Waals surface area contributed by atoms with E-state index in [1.54, 1.807) is 12.2 Å². The number of fused-ring (bicyclic) bond motifs is 5. The normalized spacial score (nSPS) is 44.8. The van der Waals surface area contributed by atoms with E-state index in [2.05, 4.69) is 13.8 Å². The highest BCUT2D eigenvalue weighted by atomic mass is 35.5. The molecule has 1 N–H and O–H groups in total. The number of benzene rings is 1. The number of aliphatic hydroxyl groups is 1. The van der Waals surface area contributed by atoms with Gasteiger partial charge in [0.05, 0.1) is 11.9 Å². The highest BCUT2D eigenvalue weighted by Crippen LogP contribution is 2.69. The predicted octanol–water partition coefficient (Wildman–Crippen LogP) is 5.15. The number of carbonyl (C=O) groups is 1. The quantitative estimate of drug-likeness (QED) is 0.637. The van der Waals surface area contributed by atoms with E-state index < -0.39 is 21.1 Å². The second kappa shape index (κ2) is 7.40. The number of halogens is 1. The van der Waals surface area contributed by atoms with Crippen LogP contribution in [0.15, 0.2) is 54.1 Å². The molecule has 5 rings (SSSR count). The number of ketones is 1. The number of alkyl halides is 1. The van der Waals surface area contributed by atoms with E-state index >= 15 is 0 Å². The minimum Gasteiger partial charge on any atom is -0.393 e. The molecule has 3 fully saturated rings. The van der Waals surface area contributed by atoms with Crippen molar-refractivity contribution in [3.63, 3.8) is 0 Å². The van der Waals surface area contributed by atoms with Gasteiger partial charge >= 0.3 is 0 Å². The van der Waals surface area contributed by atoms with Gasteiger partial charge in [-0.3, -0.25) is 9.00 Å². The molecule has 0 radical (unpaired) electrons. The van der Waals surface area contributed by atoms with Crippen LogP contribution in [0.2, 0.25) is 0 Å². The standard InChI is InChI=1S/C26H31ClO3S/c1-24-12-10-19(28)14-18(24)8-9-20-21-11-13-26(27,25(21,2)15-22(29)23(20)24)31(30)16-17-6-4-3-5-7-17/h3-7,10,12,14,20-23,29H,8-9,11,13,15-16H2,1-2H3/t20?,21?,22-,23?,24-,25-,26-,31?/m0/s1. The molecule has 0 bridgehead atoms. The summed E-state index contributed by atoms with van der Waals surface area (Å²) in [4.78, 5) is 12.0. The Labute approximate surface area is 192 Å². The molecule has 8 atom stereocenters. The third-order valence-electron chi connectivity index (χ3n) is 9.02. The lowest BCUT2D eigenvalue weighted by atomic mass is 9.47. The molecule has 0 heterocycles. The van der Waals surface area contributed by atoms with Crippen molar-refractivity contribution in [2.75, 3.05) is 0 Å². The first-order valence-electron chi connectivity index (χ1n) is 11.4. The zero-order valence-electron chi connectivity index (χ0n) is 18.2. The fraction of sp³-hybridized carbons (Fsp3) is 0.577. The molecule has 4 aliphatic carbocycles. The molecule has 3 nitrogen and oxygen atoms in total. The third-order valence-corrected chi connectivity index (χ3v) is 12.1. The lowest BCUT2D eigenvalue weighted by Crippen LogP contribution is -2.59. The van der Waals surface area contributed by atoms with Crippen LogP contribution in [-0.2, 0) is 21.3 Å². The smallest absolute Gasteiger partial charge is 0.178 e. The van der Waals surface area contributed by atoms with Crippen molar-refractivity contribution in [2.24, 2.45) is 28.6 Å². The van der Waals surface area contributed by atoms with Gasteiger partial charge in [0.25, 0.3) is 0 Å².